The fourth-order valence-corrected chi connectivity index (χ4v) is 2.05. The average Bonchev–Trinajstić information content (AvgIpc) is 2.90. The highest BCUT2D eigenvalue weighted by molar-refractivity contribution is 5.86. The highest BCUT2D eigenvalue weighted by Crippen LogP contribution is 2.22. The molecule has 0 saturated carbocycles. The molecule has 2 heterocycles. The maximum absolute atomic E-state index is 13.7. The summed E-state index contributed by atoms with van der Waals surface area (Å²) in [6, 6.07) is 6.33. The maximum Gasteiger partial charge on any atom is 0.354 e. The average molecular weight is 259 g/mol. The van der Waals surface area contributed by atoms with Crippen LogP contribution < -0.4 is 0 Å². The van der Waals surface area contributed by atoms with Gasteiger partial charge in [-0.3, -0.25) is 4.40 Å². The standard InChI is InChI=1S/C13H10FN3O2/c1-16-11(12(18)19)7-17-6-10(15-13(16)17)8-4-2-3-5-9(8)14/h2-7H,1H3,(H,18,19). The van der Waals surface area contributed by atoms with Crippen LogP contribution in [0.5, 0.6) is 0 Å². The molecule has 5 nitrogen and oxygen atoms in total. The van der Waals surface area contributed by atoms with Gasteiger partial charge in [-0.25, -0.2) is 14.2 Å². The number of carboxylic acids is 1. The van der Waals surface area contributed by atoms with Gasteiger partial charge in [-0.05, 0) is 12.1 Å². The Morgan fingerprint density at radius 1 is 1.32 bits per heavy atom. The third-order valence-electron chi connectivity index (χ3n) is 3.00. The number of benzene rings is 1. The summed E-state index contributed by atoms with van der Waals surface area (Å²) in [5.41, 5.74) is 0.992. The second-order valence-corrected chi connectivity index (χ2v) is 4.19. The molecule has 0 amide bonds. The number of hydrogen-bond acceptors (Lipinski definition) is 2. The predicted molar refractivity (Wildman–Crippen MR) is 66.5 cm³/mol. The van der Waals surface area contributed by atoms with E-state index in [2.05, 4.69) is 4.98 Å². The van der Waals surface area contributed by atoms with Crippen molar-refractivity contribution >= 4 is 11.7 Å². The van der Waals surface area contributed by atoms with Gasteiger partial charge in [0.2, 0.25) is 5.78 Å². The van der Waals surface area contributed by atoms with Crippen LogP contribution in [0.3, 0.4) is 0 Å². The molecule has 3 rings (SSSR count). The summed E-state index contributed by atoms with van der Waals surface area (Å²) in [6.07, 6.45) is 3.06. The molecule has 1 aromatic carbocycles. The number of fused-ring (bicyclic) bond motifs is 1. The zero-order valence-corrected chi connectivity index (χ0v) is 10.0. The van der Waals surface area contributed by atoms with E-state index in [4.69, 9.17) is 5.11 Å². The van der Waals surface area contributed by atoms with Crippen LogP contribution in [0.2, 0.25) is 0 Å². The maximum atomic E-state index is 13.7. The summed E-state index contributed by atoms with van der Waals surface area (Å²) in [4.78, 5) is 15.2. The number of aryl methyl sites for hydroxylation is 1. The van der Waals surface area contributed by atoms with Crippen molar-refractivity contribution in [1.29, 1.82) is 0 Å². The third kappa shape index (κ3) is 1.69. The molecule has 0 unspecified atom stereocenters. The third-order valence-corrected chi connectivity index (χ3v) is 3.00. The molecule has 0 spiro atoms. The molecular weight excluding hydrogens is 249 g/mol. The van der Waals surface area contributed by atoms with E-state index in [0.29, 0.717) is 17.0 Å². The fraction of sp³-hybridized carbons (Fsp3) is 0.0769. The number of nitrogens with zero attached hydrogens (tertiary/aromatic N) is 3. The minimum atomic E-state index is -1.03. The van der Waals surface area contributed by atoms with Crippen molar-refractivity contribution in [3.63, 3.8) is 0 Å². The Hall–Kier alpha value is -2.63. The number of carboxylic acid groups (broad SMARTS) is 1. The Balaban J connectivity index is 2.19. The Bertz CT molecular complexity index is 788. The molecular formula is C13H10FN3O2. The minimum Gasteiger partial charge on any atom is -0.477 e. The van der Waals surface area contributed by atoms with Crippen LogP contribution in [0.25, 0.3) is 17.0 Å². The summed E-state index contributed by atoms with van der Waals surface area (Å²) in [5.74, 6) is -0.930. The van der Waals surface area contributed by atoms with Crippen LogP contribution in [-0.4, -0.2) is 25.0 Å². The summed E-state index contributed by atoms with van der Waals surface area (Å²) in [7, 11) is 1.61. The minimum absolute atomic E-state index is 0.127. The monoisotopic (exact) mass is 259 g/mol. The van der Waals surface area contributed by atoms with Crippen molar-refractivity contribution in [2.75, 3.05) is 0 Å². The van der Waals surface area contributed by atoms with Gasteiger partial charge >= 0.3 is 5.97 Å². The van der Waals surface area contributed by atoms with Crippen LogP contribution in [0.4, 0.5) is 4.39 Å². The molecule has 0 aliphatic carbocycles. The number of halogens is 1. The van der Waals surface area contributed by atoms with Crippen molar-refractivity contribution in [3.8, 4) is 11.3 Å². The fourth-order valence-electron chi connectivity index (χ4n) is 2.05. The SMILES string of the molecule is Cn1c(C(=O)O)cn2cc(-c3ccccc3F)nc12. The Morgan fingerprint density at radius 3 is 2.68 bits per heavy atom. The quantitative estimate of drug-likeness (QED) is 0.767. The van der Waals surface area contributed by atoms with Gasteiger partial charge in [-0.15, -0.1) is 0 Å². The molecule has 0 atom stereocenters. The predicted octanol–water partition coefficient (Wildman–Crippen LogP) is 2.18. The van der Waals surface area contributed by atoms with Crippen molar-refractivity contribution < 1.29 is 14.3 Å². The zero-order valence-electron chi connectivity index (χ0n) is 10.0. The molecule has 0 aliphatic rings. The van der Waals surface area contributed by atoms with Gasteiger partial charge in [-0.2, -0.15) is 0 Å². The van der Waals surface area contributed by atoms with Crippen molar-refractivity contribution in [2.45, 2.75) is 0 Å². The van der Waals surface area contributed by atoms with Gasteiger partial charge in [0.05, 0.1) is 5.69 Å². The highest BCUT2D eigenvalue weighted by Gasteiger charge is 2.16. The van der Waals surface area contributed by atoms with Crippen molar-refractivity contribution in [1.82, 2.24) is 14.0 Å². The Labute approximate surface area is 107 Å². The van der Waals surface area contributed by atoms with Gasteiger partial charge in [0.25, 0.3) is 0 Å². The van der Waals surface area contributed by atoms with Crippen LogP contribution in [-0.2, 0) is 7.05 Å². The lowest BCUT2D eigenvalue weighted by Crippen LogP contribution is -2.04. The molecule has 6 heteroatoms. The van der Waals surface area contributed by atoms with E-state index in [0.717, 1.165) is 0 Å². The first-order chi connectivity index (χ1) is 9.08. The lowest BCUT2D eigenvalue weighted by Gasteiger charge is -1.98. The van der Waals surface area contributed by atoms with E-state index >= 15 is 0 Å². The summed E-state index contributed by atoms with van der Waals surface area (Å²) >= 11 is 0. The van der Waals surface area contributed by atoms with E-state index in [9.17, 15) is 9.18 Å². The summed E-state index contributed by atoms with van der Waals surface area (Å²) in [5, 5.41) is 8.99. The zero-order chi connectivity index (χ0) is 13.6. The molecule has 0 saturated heterocycles. The lowest BCUT2D eigenvalue weighted by atomic mass is 10.1. The van der Waals surface area contributed by atoms with Gasteiger partial charge in [0, 0.05) is 25.0 Å². The van der Waals surface area contributed by atoms with E-state index in [1.54, 1.807) is 35.8 Å². The number of aromatic nitrogens is 3. The number of imidazole rings is 2. The molecule has 0 fully saturated rings. The highest BCUT2D eigenvalue weighted by atomic mass is 19.1. The largest absolute Gasteiger partial charge is 0.477 e. The second-order valence-electron chi connectivity index (χ2n) is 4.19. The van der Waals surface area contributed by atoms with E-state index in [-0.39, 0.29) is 11.5 Å². The number of aromatic carboxylic acids is 1. The number of hydrogen-bond donors (Lipinski definition) is 1. The second kappa shape index (κ2) is 3.94. The topological polar surface area (TPSA) is 59.5 Å². The molecule has 0 radical (unpaired) electrons. The first-order valence-corrected chi connectivity index (χ1v) is 5.60. The lowest BCUT2D eigenvalue weighted by molar-refractivity contribution is 0.0686. The molecule has 0 bridgehead atoms. The Kier molecular flexibility index (Phi) is 2.38. The molecule has 96 valence electrons. The van der Waals surface area contributed by atoms with E-state index in [1.165, 1.54) is 16.8 Å². The van der Waals surface area contributed by atoms with Crippen LogP contribution in [0.1, 0.15) is 10.5 Å². The van der Waals surface area contributed by atoms with Crippen molar-refractivity contribution in [2.24, 2.45) is 7.05 Å². The van der Waals surface area contributed by atoms with Crippen LogP contribution in [0, 0.1) is 5.82 Å². The first-order valence-electron chi connectivity index (χ1n) is 5.60. The van der Waals surface area contributed by atoms with Crippen LogP contribution in [0.15, 0.2) is 36.7 Å². The molecule has 2 aromatic heterocycles. The normalized spacial score (nSPS) is 11.1. The van der Waals surface area contributed by atoms with E-state index < -0.39 is 5.97 Å². The smallest absolute Gasteiger partial charge is 0.354 e. The van der Waals surface area contributed by atoms with Gasteiger partial charge in [0.1, 0.15) is 11.5 Å². The Morgan fingerprint density at radius 2 is 2.05 bits per heavy atom. The van der Waals surface area contributed by atoms with Crippen molar-refractivity contribution in [3.05, 3.63) is 48.2 Å². The summed E-state index contributed by atoms with van der Waals surface area (Å²) in [6.45, 7) is 0. The molecule has 1 N–H and O–H groups in total. The first kappa shape index (κ1) is 11.5. The summed E-state index contributed by atoms with van der Waals surface area (Å²) < 4.78 is 16.7. The molecule has 3 aromatic rings. The molecule has 19 heavy (non-hydrogen) atoms. The van der Waals surface area contributed by atoms with Gasteiger partial charge in [0.15, 0.2) is 0 Å². The van der Waals surface area contributed by atoms with Crippen LogP contribution >= 0.6 is 0 Å². The van der Waals surface area contributed by atoms with E-state index in [1.807, 2.05) is 0 Å². The number of carbonyl (C=O) groups is 1. The van der Waals surface area contributed by atoms with Gasteiger partial charge < -0.3 is 9.67 Å². The van der Waals surface area contributed by atoms with Gasteiger partial charge in [-0.1, -0.05) is 12.1 Å². The molecule has 0 aliphatic heterocycles. The number of rotatable bonds is 2.